The predicted molar refractivity (Wildman–Crippen MR) is 60.9 cm³/mol. The van der Waals surface area contributed by atoms with Crippen LogP contribution in [0.15, 0.2) is 0 Å². The van der Waals surface area contributed by atoms with Gasteiger partial charge in [-0.2, -0.15) is 0 Å². The molecule has 1 saturated carbocycles. The Morgan fingerprint density at radius 2 is 2.00 bits per heavy atom. The number of nitrogens with zero attached hydrogens (tertiary/aromatic N) is 1. The van der Waals surface area contributed by atoms with Gasteiger partial charge in [0, 0.05) is 12.6 Å². The lowest BCUT2D eigenvalue weighted by Crippen LogP contribution is -2.37. The highest BCUT2D eigenvalue weighted by Crippen LogP contribution is 2.28. The Balaban J connectivity index is 2.30. The molecule has 0 amide bonds. The van der Waals surface area contributed by atoms with Gasteiger partial charge in [0.25, 0.3) is 0 Å². The van der Waals surface area contributed by atoms with Crippen LogP contribution in [0, 0.1) is 5.92 Å². The van der Waals surface area contributed by atoms with Crippen LogP contribution in [0.2, 0.25) is 0 Å². The van der Waals surface area contributed by atoms with Crippen LogP contribution in [0.25, 0.3) is 0 Å². The Morgan fingerprint density at radius 3 is 2.53 bits per heavy atom. The number of carboxylic acid groups (broad SMARTS) is 1. The maximum Gasteiger partial charge on any atom is 0.304 e. The first-order chi connectivity index (χ1) is 7.11. The summed E-state index contributed by atoms with van der Waals surface area (Å²) in [4.78, 5) is 12.7. The minimum absolute atomic E-state index is 0.257. The first-order valence-corrected chi connectivity index (χ1v) is 6.03. The number of hydrogen-bond donors (Lipinski definition) is 1. The van der Waals surface area contributed by atoms with Crippen LogP contribution in [0.1, 0.15) is 45.4 Å². The van der Waals surface area contributed by atoms with Gasteiger partial charge in [-0.15, -0.1) is 0 Å². The molecule has 1 fully saturated rings. The molecular weight excluding hydrogens is 190 g/mol. The van der Waals surface area contributed by atoms with Crippen LogP contribution in [-0.2, 0) is 4.79 Å². The summed E-state index contributed by atoms with van der Waals surface area (Å²) < 4.78 is 0. The van der Waals surface area contributed by atoms with Crippen molar-refractivity contribution < 1.29 is 9.90 Å². The minimum Gasteiger partial charge on any atom is -0.481 e. The molecular formula is C12H23NO2. The predicted octanol–water partition coefficient (Wildman–Crippen LogP) is 2.36. The van der Waals surface area contributed by atoms with Crippen LogP contribution < -0.4 is 0 Å². The Hall–Kier alpha value is -0.570. The van der Waals surface area contributed by atoms with E-state index in [1.165, 1.54) is 32.1 Å². The van der Waals surface area contributed by atoms with Crippen LogP contribution in [0.3, 0.4) is 0 Å². The molecule has 0 aromatic rings. The van der Waals surface area contributed by atoms with Gasteiger partial charge in [-0.1, -0.05) is 19.3 Å². The van der Waals surface area contributed by atoms with Crippen molar-refractivity contribution in [2.75, 3.05) is 13.6 Å². The van der Waals surface area contributed by atoms with Crippen LogP contribution in [0.4, 0.5) is 0 Å². The summed E-state index contributed by atoms with van der Waals surface area (Å²) >= 11 is 0. The smallest absolute Gasteiger partial charge is 0.304 e. The second kappa shape index (κ2) is 6.11. The van der Waals surface area contributed by atoms with E-state index >= 15 is 0 Å². The van der Waals surface area contributed by atoms with Crippen molar-refractivity contribution in [1.29, 1.82) is 0 Å². The van der Waals surface area contributed by atoms with Gasteiger partial charge in [0.1, 0.15) is 0 Å². The molecule has 0 aromatic carbocycles. The van der Waals surface area contributed by atoms with Gasteiger partial charge in [-0.25, -0.2) is 0 Å². The fourth-order valence-corrected chi connectivity index (χ4v) is 2.45. The van der Waals surface area contributed by atoms with Gasteiger partial charge in [0.15, 0.2) is 0 Å². The Morgan fingerprint density at radius 1 is 1.40 bits per heavy atom. The van der Waals surface area contributed by atoms with Crippen molar-refractivity contribution in [2.24, 2.45) is 5.92 Å². The van der Waals surface area contributed by atoms with Crippen LogP contribution in [0.5, 0.6) is 0 Å². The van der Waals surface area contributed by atoms with E-state index in [0.29, 0.717) is 12.6 Å². The molecule has 0 bridgehead atoms. The SMILES string of the molecule is CC(C1CCCCC1)N(C)CCC(=O)O. The average molecular weight is 213 g/mol. The highest BCUT2D eigenvalue weighted by molar-refractivity contribution is 5.66. The Bertz CT molecular complexity index is 200. The molecule has 0 aromatic heterocycles. The second-order valence-corrected chi connectivity index (χ2v) is 4.76. The summed E-state index contributed by atoms with van der Waals surface area (Å²) in [5, 5.41) is 8.63. The molecule has 1 rings (SSSR count). The van der Waals surface area contributed by atoms with E-state index in [-0.39, 0.29) is 6.42 Å². The fourth-order valence-electron chi connectivity index (χ4n) is 2.45. The zero-order valence-corrected chi connectivity index (χ0v) is 9.91. The van der Waals surface area contributed by atoms with Gasteiger partial charge in [-0.05, 0) is 32.7 Å². The van der Waals surface area contributed by atoms with Crippen molar-refractivity contribution in [3.05, 3.63) is 0 Å². The van der Waals surface area contributed by atoms with Crippen molar-refractivity contribution in [3.63, 3.8) is 0 Å². The normalized spacial score (nSPS) is 20.5. The molecule has 0 saturated heterocycles. The third-order valence-corrected chi connectivity index (χ3v) is 3.71. The summed E-state index contributed by atoms with van der Waals surface area (Å²) in [7, 11) is 2.04. The monoisotopic (exact) mass is 213 g/mol. The van der Waals surface area contributed by atoms with E-state index in [1.807, 2.05) is 7.05 Å². The van der Waals surface area contributed by atoms with E-state index < -0.39 is 5.97 Å². The molecule has 1 aliphatic rings. The van der Waals surface area contributed by atoms with E-state index in [1.54, 1.807) is 0 Å². The standard InChI is InChI=1S/C12H23NO2/c1-10(11-6-4-3-5-7-11)13(2)9-8-12(14)15/h10-11H,3-9H2,1-2H3,(H,14,15). The summed E-state index contributed by atoms with van der Waals surface area (Å²) in [5.41, 5.74) is 0. The van der Waals surface area contributed by atoms with E-state index in [9.17, 15) is 4.79 Å². The summed E-state index contributed by atoms with van der Waals surface area (Å²) in [5.74, 6) is 0.0789. The van der Waals surface area contributed by atoms with Gasteiger partial charge < -0.3 is 10.0 Å². The highest BCUT2D eigenvalue weighted by Gasteiger charge is 2.23. The highest BCUT2D eigenvalue weighted by atomic mass is 16.4. The number of carboxylic acids is 1. The molecule has 0 aliphatic heterocycles. The molecule has 1 unspecified atom stereocenters. The molecule has 1 atom stereocenters. The fraction of sp³-hybridized carbons (Fsp3) is 0.917. The molecule has 1 N–H and O–H groups in total. The quantitative estimate of drug-likeness (QED) is 0.762. The van der Waals surface area contributed by atoms with Crippen molar-refractivity contribution in [2.45, 2.75) is 51.5 Å². The molecule has 0 spiro atoms. The first kappa shape index (κ1) is 12.5. The number of carbonyl (C=O) groups is 1. The van der Waals surface area contributed by atoms with Crippen molar-refractivity contribution in [3.8, 4) is 0 Å². The molecule has 0 heterocycles. The van der Waals surface area contributed by atoms with E-state index in [4.69, 9.17) is 5.11 Å². The van der Waals surface area contributed by atoms with Gasteiger partial charge in [0.05, 0.1) is 6.42 Å². The molecule has 88 valence electrons. The lowest BCUT2D eigenvalue weighted by atomic mass is 9.84. The lowest BCUT2D eigenvalue weighted by molar-refractivity contribution is -0.137. The maximum atomic E-state index is 10.5. The second-order valence-electron chi connectivity index (χ2n) is 4.76. The zero-order valence-electron chi connectivity index (χ0n) is 9.91. The zero-order chi connectivity index (χ0) is 11.3. The Labute approximate surface area is 92.5 Å². The number of aliphatic carboxylic acids is 1. The Kier molecular flexibility index (Phi) is 5.09. The molecule has 3 heteroatoms. The minimum atomic E-state index is -0.697. The van der Waals surface area contributed by atoms with Gasteiger partial charge >= 0.3 is 5.97 Å². The average Bonchev–Trinajstić information content (AvgIpc) is 2.26. The largest absolute Gasteiger partial charge is 0.481 e. The van der Waals surface area contributed by atoms with E-state index in [2.05, 4.69) is 11.8 Å². The van der Waals surface area contributed by atoms with E-state index in [0.717, 1.165) is 5.92 Å². The van der Waals surface area contributed by atoms with Crippen molar-refractivity contribution in [1.82, 2.24) is 4.90 Å². The third-order valence-electron chi connectivity index (χ3n) is 3.71. The third kappa shape index (κ3) is 4.20. The van der Waals surface area contributed by atoms with Crippen LogP contribution >= 0.6 is 0 Å². The molecule has 15 heavy (non-hydrogen) atoms. The first-order valence-electron chi connectivity index (χ1n) is 6.03. The molecule has 1 aliphatic carbocycles. The van der Waals surface area contributed by atoms with Crippen LogP contribution in [-0.4, -0.2) is 35.6 Å². The van der Waals surface area contributed by atoms with Gasteiger partial charge in [-0.3, -0.25) is 4.79 Å². The summed E-state index contributed by atoms with van der Waals surface area (Å²) in [6.07, 6.45) is 6.97. The van der Waals surface area contributed by atoms with Crippen molar-refractivity contribution >= 4 is 5.97 Å². The molecule has 0 radical (unpaired) electrons. The van der Waals surface area contributed by atoms with Gasteiger partial charge in [0.2, 0.25) is 0 Å². The lowest BCUT2D eigenvalue weighted by Gasteiger charge is -2.34. The maximum absolute atomic E-state index is 10.5. The molecule has 3 nitrogen and oxygen atoms in total. The number of hydrogen-bond acceptors (Lipinski definition) is 2. The summed E-state index contributed by atoms with van der Waals surface area (Å²) in [6.45, 7) is 2.91. The summed E-state index contributed by atoms with van der Waals surface area (Å²) in [6, 6.07) is 0.532. The topological polar surface area (TPSA) is 40.5 Å². The number of rotatable bonds is 5.